The number of hydrogen-bond acceptors (Lipinski definition) is 4. The number of nitrogens with two attached hydrogens (primary N) is 1. The van der Waals surface area contributed by atoms with Crippen molar-refractivity contribution in [2.75, 3.05) is 12.3 Å². The lowest BCUT2D eigenvalue weighted by Crippen LogP contribution is -1.99. The summed E-state index contributed by atoms with van der Waals surface area (Å²) in [4.78, 5) is 8.32. The molecule has 2 rings (SSSR count). The molecule has 4 heteroatoms. The van der Waals surface area contributed by atoms with Crippen molar-refractivity contribution in [3.05, 3.63) is 35.8 Å². The van der Waals surface area contributed by atoms with Crippen molar-refractivity contribution < 1.29 is 4.74 Å². The van der Waals surface area contributed by atoms with Crippen LogP contribution in [0.4, 0.5) is 5.69 Å². The van der Waals surface area contributed by atoms with Crippen LogP contribution in [-0.4, -0.2) is 16.6 Å². The van der Waals surface area contributed by atoms with Crippen LogP contribution in [0.25, 0.3) is 11.3 Å². The number of aryl methyl sites for hydroxylation is 2. The van der Waals surface area contributed by atoms with Crippen molar-refractivity contribution in [3.63, 3.8) is 0 Å². The topological polar surface area (TPSA) is 61.0 Å². The van der Waals surface area contributed by atoms with E-state index in [4.69, 9.17) is 10.5 Å². The van der Waals surface area contributed by atoms with Crippen molar-refractivity contribution in [1.29, 1.82) is 0 Å². The molecule has 0 aliphatic rings. The number of nitrogens with zero attached hydrogens (tertiary/aromatic N) is 2. The summed E-state index contributed by atoms with van der Waals surface area (Å²) in [6, 6.07) is 5.95. The number of aromatic nitrogens is 2. The van der Waals surface area contributed by atoms with Crippen LogP contribution in [0.3, 0.4) is 0 Å². The van der Waals surface area contributed by atoms with Gasteiger partial charge in [0, 0.05) is 5.56 Å². The van der Waals surface area contributed by atoms with Gasteiger partial charge in [0.15, 0.2) is 0 Å². The molecule has 0 aliphatic heterocycles. The van der Waals surface area contributed by atoms with Gasteiger partial charge in [0.2, 0.25) is 0 Å². The normalized spacial score (nSPS) is 10.4. The second kappa shape index (κ2) is 5.04. The third-order valence-corrected chi connectivity index (χ3v) is 2.83. The van der Waals surface area contributed by atoms with Gasteiger partial charge in [0.25, 0.3) is 0 Å². The monoisotopic (exact) mass is 243 g/mol. The zero-order valence-electron chi connectivity index (χ0n) is 10.9. The maximum absolute atomic E-state index is 6.01. The van der Waals surface area contributed by atoms with Gasteiger partial charge in [-0.1, -0.05) is 0 Å². The average Bonchev–Trinajstić information content (AvgIpc) is 2.35. The largest absolute Gasteiger partial charge is 0.494 e. The van der Waals surface area contributed by atoms with E-state index < -0.39 is 0 Å². The van der Waals surface area contributed by atoms with E-state index in [0.29, 0.717) is 12.3 Å². The number of hydrogen-bond donors (Lipinski definition) is 1. The molecule has 0 fully saturated rings. The van der Waals surface area contributed by atoms with E-state index >= 15 is 0 Å². The molecule has 0 aliphatic carbocycles. The van der Waals surface area contributed by atoms with Gasteiger partial charge in [0.05, 0.1) is 23.7 Å². The molecule has 0 radical (unpaired) electrons. The third kappa shape index (κ3) is 2.27. The molecular weight excluding hydrogens is 226 g/mol. The predicted octanol–water partition coefficient (Wildman–Crippen LogP) is 2.74. The second-order valence-corrected chi connectivity index (χ2v) is 4.13. The van der Waals surface area contributed by atoms with Crippen molar-refractivity contribution >= 4 is 5.69 Å². The van der Waals surface area contributed by atoms with E-state index in [0.717, 1.165) is 28.3 Å². The van der Waals surface area contributed by atoms with Crippen LogP contribution >= 0.6 is 0 Å². The summed E-state index contributed by atoms with van der Waals surface area (Å²) in [6.45, 7) is 6.52. The van der Waals surface area contributed by atoms with Gasteiger partial charge >= 0.3 is 0 Å². The first-order valence-corrected chi connectivity index (χ1v) is 5.94. The Kier molecular flexibility index (Phi) is 3.46. The first kappa shape index (κ1) is 12.4. The minimum Gasteiger partial charge on any atom is -0.494 e. The fourth-order valence-electron chi connectivity index (χ4n) is 1.83. The minimum atomic E-state index is 0.626. The molecule has 0 spiro atoms. The van der Waals surface area contributed by atoms with Crippen LogP contribution < -0.4 is 10.5 Å². The zero-order valence-corrected chi connectivity index (χ0v) is 10.9. The molecule has 0 amide bonds. The molecule has 1 heterocycles. The molecule has 1 aromatic heterocycles. The molecule has 0 bridgehead atoms. The Morgan fingerprint density at radius 3 is 2.67 bits per heavy atom. The summed E-state index contributed by atoms with van der Waals surface area (Å²) in [5.74, 6) is 0.894. The molecule has 0 atom stereocenters. The molecule has 0 saturated carbocycles. The van der Waals surface area contributed by atoms with Crippen molar-refractivity contribution in [1.82, 2.24) is 9.97 Å². The molecule has 94 valence electrons. The van der Waals surface area contributed by atoms with Gasteiger partial charge in [0.1, 0.15) is 12.1 Å². The Morgan fingerprint density at radius 2 is 2.00 bits per heavy atom. The highest BCUT2D eigenvalue weighted by molar-refractivity contribution is 5.74. The molecule has 0 unspecified atom stereocenters. The van der Waals surface area contributed by atoms with Gasteiger partial charge in [-0.15, -0.1) is 0 Å². The fourth-order valence-corrected chi connectivity index (χ4v) is 1.83. The minimum absolute atomic E-state index is 0.626. The Hall–Kier alpha value is -2.10. The summed E-state index contributed by atoms with van der Waals surface area (Å²) in [7, 11) is 0. The zero-order chi connectivity index (χ0) is 13.1. The highest BCUT2D eigenvalue weighted by atomic mass is 16.5. The molecule has 1 aromatic carbocycles. The number of rotatable bonds is 3. The van der Waals surface area contributed by atoms with E-state index in [9.17, 15) is 0 Å². The van der Waals surface area contributed by atoms with Crippen LogP contribution in [0.1, 0.15) is 18.2 Å². The smallest absolute Gasteiger partial charge is 0.122 e. The van der Waals surface area contributed by atoms with Gasteiger partial charge in [-0.3, -0.25) is 0 Å². The number of benzene rings is 1. The number of ether oxygens (including phenoxy) is 1. The standard InChI is InChI=1S/C14H17N3O/c1-4-18-12-6-5-11(7-9(12)2)14-13(15)10(3)16-8-17-14/h5-8H,4,15H2,1-3H3. The maximum atomic E-state index is 6.01. The maximum Gasteiger partial charge on any atom is 0.122 e. The third-order valence-electron chi connectivity index (χ3n) is 2.83. The van der Waals surface area contributed by atoms with Crippen LogP contribution in [-0.2, 0) is 0 Å². The van der Waals surface area contributed by atoms with Gasteiger partial charge in [-0.05, 0) is 44.5 Å². The Balaban J connectivity index is 2.46. The quantitative estimate of drug-likeness (QED) is 0.900. The summed E-state index contributed by atoms with van der Waals surface area (Å²) in [5.41, 5.74) is 10.3. The van der Waals surface area contributed by atoms with Crippen LogP contribution in [0.2, 0.25) is 0 Å². The Morgan fingerprint density at radius 1 is 1.22 bits per heavy atom. The summed E-state index contributed by atoms with van der Waals surface area (Å²) in [5, 5.41) is 0. The molecular formula is C14H17N3O. The highest BCUT2D eigenvalue weighted by Crippen LogP contribution is 2.28. The lowest BCUT2D eigenvalue weighted by molar-refractivity contribution is 0.338. The van der Waals surface area contributed by atoms with Gasteiger partial charge in [-0.25, -0.2) is 9.97 Å². The van der Waals surface area contributed by atoms with Crippen LogP contribution in [0.15, 0.2) is 24.5 Å². The lowest BCUT2D eigenvalue weighted by atomic mass is 10.1. The van der Waals surface area contributed by atoms with E-state index in [1.165, 1.54) is 6.33 Å². The van der Waals surface area contributed by atoms with Gasteiger partial charge in [-0.2, -0.15) is 0 Å². The summed E-state index contributed by atoms with van der Waals surface area (Å²) < 4.78 is 5.52. The van der Waals surface area contributed by atoms with Gasteiger partial charge < -0.3 is 10.5 Å². The number of anilines is 1. The molecule has 18 heavy (non-hydrogen) atoms. The van der Waals surface area contributed by atoms with Crippen molar-refractivity contribution in [3.8, 4) is 17.0 Å². The van der Waals surface area contributed by atoms with Crippen LogP contribution in [0.5, 0.6) is 5.75 Å². The lowest BCUT2D eigenvalue weighted by Gasteiger charge is -2.10. The molecule has 2 aromatic rings. The van der Waals surface area contributed by atoms with E-state index in [1.54, 1.807) is 0 Å². The highest BCUT2D eigenvalue weighted by Gasteiger charge is 2.09. The Labute approximate surface area is 107 Å². The van der Waals surface area contributed by atoms with Crippen LogP contribution in [0, 0.1) is 13.8 Å². The molecule has 2 N–H and O–H groups in total. The fraction of sp³-hybridized carbons (Fsp3) is 0.286. The number of nitrogen functional groups attached to an aromatic ring is 1. The van der Waals surface area contributed by atoms with E-state index in [-0.39, 0.29) is 0 Å². The summed E-state index contributed by atoms with van der Waals surface area (Å²) in [6.07, 6.45) is 1.53. The first-order valence-electron chi connectivity index (χ1n) is 5.94. The SMILES string of the molecule is CCOc1ccc(-c2ncnc(C)c2N)cc1C. The second-order valence-electron chi connectivity index (χ2n) is 4.13. The van der Waals surface area contributed by atoms with E-state index in [1.807, 2.05) is 39.0 Å². The first-order chi connectivity index (χ1) is 8.63. The predicted molar refractivity (Wildman–Crippen MR) is 72.5 cm³/mol. The molecule has 4 nitrogen and oxygen atoms in total. The molecule has 0 saturated heterocycles. The Bertz CT molecular complexity index is 567. The van der Waals surface area contributed by atoms with Crippen molar-refractivity contribution in [2.45, 2.75) is 20.8 Å². The summed E-state index contributed by atoms with van der Waals surface area (Å²) >= 11 is 0. The average molecular weight is 243 g/mol. The van der Waals surface area contributed by atoms with Crippen molar-refractivity contribution in [2.24, 2.45) is 0 Å². The van der Waals surface area contributed by atoms with E-state index in [2.05, 4.69) is 9.97 Å².